The Kier molecular flexibility index (Phi) is 4.56. The van der Waals surface area contributed by atoms with E-state index in [1.807, 2.05) is 79.7 Å². The van der Waals surface area contributed by atoms with Gasteiger partial charge in [0.15, 0.2) is 11.5 Å². The summed E-state index contributed by atoms with van der Waals surface area (Å²) in [5.41, 5.74) is 5.30. The SMILES string of the molecule is Cc1ccc(-c2cc(C(=O)NCc3ccc4c(c3)OCO4)c3ccccc3n2)cc1. The topological polar surface area (TPSA) is 60.5 Å². The Hall–Kier alpha value is -3.86. The number of aryl methyl sites for hydroxylation is 1. The van der Waals surface area contributed by atoms with Gasteiger partial charge in [0, 0.05) is 17.5 Å². The highest BCUT2D eigenvalue weighted by Crippen LogP contribution is 2.32. The third kappa shape index (κ3) is 3.46. The van der Waals surface area contributed by atoms with E-state index in [4.69, 9.17) is 14.5 Å². The Balaban J connectivity index is 1.46. The molecule has 0 fully saturated rings. The molecule has 1 N–H and O–H groups in total. The van der Waals surface area contributed by atoms with Crippen molar-refractivity contribution in [2.24, 2.45) is 0 Å². The van der Waals surface area contributed by atoms with E-state index in [1.54, 1.807) is 0 Å². The lowest BCUT2D eigenvalue weighted by Crippen LogP contribution is -2.23. The third-order valence-corrected chi connectivity index (χ3v) is 5.20. The Morgan fingerprint density at radius 2 is 1.77 bits per heavy atom. The van der Waals surface area contributed by atoms with Crippen LogP contribution < -0.4 is 14.8 Å². The maximum absolute atomic E-state index is 13.1. The fraction of sp³-hybridized carbons (Fsp3) is 0.120. The summed E-state index contributed by atoms with van der Waals surface area (Å²) in [6.45, 7) is 2.68. The number of benzene rings is 3. The number of carbonyl (C=O) groups is 1. The first-order valence-corrected chi connectivity index (χ1v) is 9.81. The van der Waals surface area contributed by atoms with Crippen molar-refractivity contribution in [1.82, 2.24) is 10.3 Å². The van der Waals surface area contributed by atoms with Gasteiger partial charge in [0.2, 0.25) is 6.79 Å². The molecule has 0 radical (unpaired) electrons. The summed E-state index contributed by atoms with van der Waals surface area (Å²) in [4.78, 5) is 17.9. The number of carbonyl (C=O) groups excluding carboxylic acids is 1. The van der Waals surface area contributed by atoms with Gasteiger partial charge in [-0.3, -0.25) is 4.79 Å². The number of amides is 1. The summed E-state index contributed by atoms with van der Waals surface area (Å²) >= 11 is 0. The molecule has 0 bridgehead atoms. The highest BCUT2D eigenvalue weighted by atomic mass is 16.7. The van der Waals surface area contributed by atoms with Crippen LogP contribution in [0, 0.1) is 6.92 Å². The molecule has 1 amide bonds. The summed E-state index contributed by atoms with van der Waals surface area (Å²) in [5.74, 6) is 1.30. The largest absolute Gasteiger partial charge is 0.454 e. The minimum Gasteiger partial charge on any atom is -0.454 e. The molecule has 0 spiro atoms. The first kappa shape index (κ1) is 18.2. The monoisotopic (exact) mass is 396 g/mol. The maximum atomic E-state index is 13.1. The van der Waals surface area contributed by atoms with Gasteiger partial charge in [-0.15, -0.1) is 0 Å². The Bertz CT molecular complexity index is 1250. The lowest BCUT2D eigenvalue weighted by molar-refractivity contribution is 0.0952. The van der Waals surface area contributed by atoms with Crippen LogP contribution in [0.1, 0.15) is 21.5 Å². The predicted molar refractivity (Wildman–Crippen MR) is 116 cm³/mol. The van der Waals surface area contributed by atoms with E-state index >= 15 is 0 Å². The van der Waals surface area contributed by atoms with Crippen molar-refractivity contribution >= 4 is 16.8 Å². The smallest absolute Gasteiger partial charge is 0.252 e. The van der Waals surface area contributed by atoms with Crippen LogP contribution in [0.4, 0.5) is 0 Å². The Morgan fingerprint density at radius 3 is 2.63 bits per heavy atom. The second-order valence-electron chi connectivity index (χ2n) is 7.31. The standard InChI is InChI=1S/C25H20N2O3/c1-16-6-9-18(10-7-16)22-13-20(19-4-2-3-5-21(19)27-22)25(28)26-14-17-8-11-23-24(12-17)30-15-29-23/h2-13H,14-15H2,1H3,(H,26,28). The lowest BCUT2D eigenvalue weighted by atomic mass is 10.0. The number of rotatable bonds is 4. The molecule has 5 nitrogen and oxygen atoms in total. The second-order valence-corrected chi connectivity index (χ2v) is 7.31. The number of hydrogen-bond donors (Lipinski definition) is 1. The van der Waals surface area contributed by atoms with Crippen molar-refractivity contribution in [3.63, 3.8) is 0 Å². The third-order valence-electron chi connectivity index (χ3n) is 5.20. The minimum atomic E-state index is -0.139. The average Bonchev–Trinajstić information content (AvgIpc) is 3.25. The van der Waals surface area contributed by atoms with Crippen LogP contribution in [0.25, 0.3) is 22.2 Å². The highest BCUT2D eigenvalue weighted by molar-refractivity contribution is 6.07. The molecule has 4 aromatic rings. The van der Waals surface area contributed by atoms with Crippen molar-refractivity contribution < 1.29 is 14.3 Å². The van der Waals surface area contributed by atoms with Gasteiger partial charge in [0.05, 0.1) is 16.8 Å². The number of hydrogen-bond acceptors (Lipinski definition) is 4. The van der Waals surface area contributed by atoms with Gasteiger partial charge in [-0.25, -0.2) is 4.98 Å². The molecule has 3 aromatic carbocycles. The molecule has 0 saturated carbocycles. The molecule has 5 rings (SSSR count). The average molecular weight is 396 g/mol. The molecule has 1 aliphatic rings. The maximum Gasteiger partial charge on any atom is 0.252 e. The zero-order valence-electron chi connectivity index (χ0n) is 16.5. The number of fused-ring (bicyclic) bond motifs is 2. The number of ether oxygens (including phenoxy) is 2. The van der Waals surface area contributed by atoms with Crippen LogP contribution >= 0.6 is 0 Å². The minimum absolute atomic E-state index is 0.139. The fourth-order valence-electron chi connectivity index (χ4n) is 3.56. The zero-order chi connectivity index (χ0) is 20.5. The molecule has 148 valence electrons. The van der Waals surface area contributed by atoms with Crippen LogP contribution in [0.15, 0.2) is 72.8 Å². The number of nitrogens with zero attached hydrogens (tertiary/aromatic N) is 1. The molecule has 30 heavy (non-hydrogen) atoms. The summed E-state index contributed by atoms with van der Waals surface area (Å²) in [6.07, 6.45) is 0. The normalized spacial score (nSPS) is 12.2. The van der Waals surface area contributed by atoms with E-state index < -0.39 is 0 Å². The molecule has 2 heterocycles. The van der Waals surface area contributed by atoms with Crippen LogP contribution in [0.2, 0.25) is 0 Å². The quantitative estimate of drug-likeness (QED) is 0.535. The predicted octanol–water partition coefficient (Wildman–Crippen LogP) is 4.87. The van der Waals surface area contributed by atoms with Gasteiger partial charge in [0.1, 0.15) is 0 Å². The summed E-state index contributed by atoms with van der Waals surface area (Å²) < 4.78 is 10.8. The Labute approximate surface area is 174 Å². The molecule has 1 aliphatic heterocycles. The van der Waals surface area contributed by atoms with Crippen LogP contribution in [0.5, 0.6) is 11.5 Å². The van der Waals surface area contributed by atoms with Gasteiger partial charge < -0.3 is 14.8 Å². The fourth-order valence-corrected chi connectivity index (χ4v) is 3.56. The van der Waals surface area contributed by atoms with Crippen molar-refractivity contribution in [2.45, 2.75) is 13.5 Å². The van der Waals surface area contributed by atoms with E-state index in [9.17, 15) is 4.79 Å². The molecular weight excluding hydrogens is 376 g/mol. The van der Waals surface area contributed by atoms with E-state index in [0.717, 1.165) is 33.5 Å². The van der Waals surface area contributed by atoms with Gasteiger partial charge in [-0.05, 0) is 36.8 Å². The number of para-hydroxylation sites is 1. The molecule has 0 aliphatic carbocycles. The van der Waals surface area contributed by atoms with Crippen molar-refractivity contribution in [3.8, 4) is 22.8 Å². The van der Waals surface area contributed by atoms with Crippen LogP contribution in [-0.2, 0) is 6.54 Å². The van der Waals surface area contributed by atoms with Gasteiger partial charge >= 0.3 is 0 Å². The van der Waals surface area contributed by atoms with E-state index in [1.165, 1.54) is 5.56 Å². The number of pyridine rings is 1. The van der Waals surface area contributed by atoms with E-state index in [-0.39, 0.29) is 12.7 Å². The highest BCUT2D eigenvalue weighted by Gasteiger charge is 2.16. The summed E-state index contributed by atoms with van der Waals surface area (Å²) in [6, 6.07) is 23.4. The molecule has 0 saturated heterocycles. The van der Waals surface area contributed by atoms with Gasteiger partial charge in [-0.1, -0.05) is 54.1 Å². The van der Waals surface area contributed by atoms with Gasteiger partial charge in [-0.2, -0.15) is 0 Å². The molecular formula is C25H20N2O3. The molecule has 1 aromatic heterocycles. The number of nitrogens with one attached hydrogen (secondary N) is 1. The van der Waals surface area contributed by atoms with Crippen molar-refractivity contribution in [3.05, 3.63) is 89.5 Å². The van der Waals surface area contributed by atoms with Crippen molar-refractivity contribution in [2.75, 3.05) is 6.79 Å². The first-order valence-electron chi connectivity index (χ1n) is 9.81. The van der Waals surface area contributed by atoms with Crippen molar-refractivity contribution in [1.29, 1.82) is 0 Å². The second kappa shape index (κ2) is 7.52. The molecule has 5 heteroatoms. The molecule has 0 unspecified atom stereocenters. The zero-order valence-corrected chi connectivity index (χ0v) is 16.5. The van der Waals surface area contributed by atoms with E-state index in [0.29, 0.717) is 17.9 Å². The summed E-state index contributed by atoms with van der Waals surface area (Å²) in [5, 5.41) is 3.85. The first-order chi connectivity index (χ1) is 14.7. The van der Waals surface area contributed by atoms with E-state index in [2.05, 4.69) is 5.32 Å². The lowest BCUT2D eigenvalue weighted by Gasteiger charge is -2.11. The Morgan fingerprint density at radius 1 is 0.967 bits per heavy atom. The van der Waals surface area contributed by atoms with Gasteiger partial charge in [0.25, 0.3) is 5.91 Å². The molecule has 0 atom stereocenters. The summed E-state index contributed by atoms with van der Waals surface area (Å²) in [7, 11) is 0. The number of aromatic nitrogens is 1. The van der Waals surface area contributed by atoms with Crippen LogP contribution in [0.3, 0.4) is 0 Å². The van der Waals surface area contributed by atoms with Crippen LogP contribution in [-0.4, -0.2) is 17.7 Å².